The van der Waals surface area contributed by atoms with Crippen molar-refractivity contribution in [3.8, 4) is 0 Å². The zero-order valence-electron chi connectivity index (χ0n) is 34.0. The third-order valence-electron chi connectivity index (χ3n) is 9.50. The topological polar surface area (TPSA) is 284 Å². The molecule has 0 bridgehead atoms. The van der Waals surface area contributed by atoms with Crippen molar-refractivity contribution in [2.75, 3.05) is 13.2 Å². The molecule has 20 heteroatoms. The molecule has 1 saturated heterocycles. The van der Waals surface area contributed by atoms with E-state index in [1.54, 1.807) is 0 Å². The summed E-state index contributed by atoms with van der Waals surface area (Å²) < 4.78 is 48.9. The van der Waals surface area contributed by atoms with Crippen molar-refractivity contribution in [3.63, 3.8) is 0 Å². The maximum Gasteiger partial charge on any atom is 0.397 e. The van der Waals surface area contributed by atoms with Crippen molar-refractivity contribution in [1.82, 2.24) is 20.9 Å². The van der Waals surface area contributed by atoms with E-state index in [2.05, 4.69) is 34.0 Å². The maximum absolute atomic E-state index is 14.1. The molecule has 0 spiro atoms. The number of aliphatic carboxylic acids is 2. The monoisotopic (exact) mass is 838 g/mol. The Kier molecular flexibility index (Phi) is 24.7. The van der Waals surface area contributed by atoms with Gasteiger partial charge in [0.25, 0.3) is 0 Å². The van der Waals surface area contributed by atoms with E-state index in [9.17, 15) is 57.1 Å². The van der Waals surface area contributed by atoms with Gasteiger partial charge in [0.2, 0.25) is 23.6 Å². The molecule has 1 fully saturated rings. The summed E-state index contributed by atoms with van der Waals surface area (Å²) in [5, 5.41) is 38.2. The predicted octanol–water partition coefficient (Wildman–Crippen LogP) is 2.44. The second-order valence-corrected chi connectivity index (χ2v) is 15.7. The molecule has 7 N–H and O–H groups in total. The van der Waals surface area contributed by atoms with Gasteiger partial charge in [-0.05, 0) is 26.7 Å². The minimum absolute atomic E-state index is 0.0646. The number of carbonyl (C=O) groups excluding carboxylic acids is 4. The Bertz CT molecular complexity index is 1380. The summed E-state index contributed by atoms with van der Waals surface area (Å²) in [5.41, 5.74) is 0. The number of rotatable bonds is 30. The lowest BCUT2D eigenvalue weighted by Crippen LogP contribution is -2.70. The number of carboxylic acid groups (broad SMARTS) is 2. The first-order valence-corrected chi connectivity index (χ1v) is 21.4. The maximum atomic E-state index is 14.1. The van der Waals surface area contributed by atoms with Gasteiger partial charge in [-0.25, -0.2) is 8.98 Å². The first kappa shape index (κ1) is 51.6. The van der Waals surface area contributed by atoms with E-state index in [0.29, 0.717) is 19.3 Å². The second-order valence-electron chi connectivity index (χ2n) is 14.6. The first-order chi connectivity index (χ1) is 26.8. The summed E-state index contributed by atoms with van der Waals surface area (Å²) in [6.45, 7) is 6.98. The first-order valence-electron chi connectivity index (χ1n) is 20.0. The summed E-state index contributed by atoms with van der Waals surface area (Å²) >= 11 is 0. The van der Waals surface area contributed by atoms with E-state index in [0.717, 1.165) is 71.1 Å². The van der Waals surface area contributed by atoms with E-state index in [4.69, 9.17) is 9.47 Å². The molecule has 0 aromatic carbocycles. The molecule has 1 rings (SSSR count). The highest BCUT2D eigenvalue weighted by molar-refractivity contribution is 7.80. The van der Waals surface area contributed by atoms with E-state index in [1.165, 1.54) is 18.7 Å². The number of ether oxygens (including phenoxy) is 2. The van der Waals surface area contributed by atoms with Gasteiger partial charge >= 0.3 is 22.3 Å². The predicted molar refractivity (Wildman–Crippen MR) is 206 cm³/mol. The van der Waals surface area contributed by atoms with Gasteiger partial charge in [0.1, 0.15) is 30.4 Å². The SMILES string of the molecule is CCCCCCCCCC(=O)N(CCCCCCCC)C1OC(COS(=O)(=O)O)C(O)C(O[C@@H](C)C(=O)O)C1NC(=O)C[C@H](CC(=O)O)NC(=O)C(C)NC(C)=O. The Balaban J connectivity index is 3.65. The number of nitrogens with zero attached hydrogens (tertiary/aromatic N) is 1. The number of carboxylic acids is 2. The highest BCUT2D eigenvalue weighted by Gasteiger charge is 2.51. The molecule has 6 unspecified atom stereocenters. The Hall–Kier alpha value is -3.43. The van der Waals surface area contributed by atoms with Crippen LogP contribution in [0.3, 0.4) is 0 Å². The van der Waals surface area contributed by atoms with Gasteiger partial charge in [0, 0.05) is 32.4 Å². The van der Waals surface area contributed by atoms with Gasteiger partial charge in [0.05, 0.1) is 13.0 Å². The van der Waals surface area contributed by atoms with Crippen molar-refractivity contribution < 1.29 is 70.7 Å². The molecule has 4 amide bonds. The Morgan fingerprint density at radius 2 is 1.39 bits per heavy atom. The molecular formula is C37H66N4O15S. The van der Waals surface area contributed by atoms with Crippen LogP contribution < -0.4 is 16.0 Å². The molecule has 330 valence electrons. The van der Waals surface area contributed by atoms with Gasteiger partial charge in [-0.15, -0.1) is 0 Å². The van der Waals surface area contributed by atoms with Crippen molar-refractivity contribution in [3.05, 3.63) is 0 Å². The normalized spacial score (nSPS) is 21.1. The molecule has 19 nitrogen and oxygen atoms in total. The van der Waals surface area contributed by atoms with E-state index in [-0.39, 0.29) is 13.0 Å². The van der Waals surface area contributed by atoms with Crippen molar-refractivity contribution in [2.45, 2.75) is 186 Å². The zero-order chi connectivity index (χ0) is 43.1. The fourth-order valence-corrected chi connectivity index (χ4v) is 6.79. The molecule has 0 aromatic rings. The average Bonchev–Trinajstić information content (AvgIpc) is 3.11. The molecule has 0 aromatic heterocycles. The molecule has 0 saturated carbocycles. The molecule has 1 aliphatic rings. The van der Waals surface area contributed by atoms with Gasteiger partial charge in [-0.2, -0.15) is 8.42 Å². The minimum Gasteiger partial charge on any atom is -0.481 e. The second kappa shape index (κ2) is 27.3. The van der Waals surface area contributed by atoms with Crippen LogP contribution in [0, 0.1) is 0 Å². The van der Waals surface area contributed by atoms with Crippen LogP contribution in [0.25, 0.3) is 0 Å². The summed E-state index contributed by atoms with van der Waals surface area (Å²) in [6.07, 6.45) is 1.82. The fraction of sp³-hybridized carbons (Fsp3) is 0.838. The Labute approximate surface area is 336 Å². The number of unbranched alkanes of at least 4 members (excludes halogenated alkanes) is 11. The van der Waals surface area contributed by atoms with Gasteiger partial charge in [0.15, 0.2) is 12.3 Å². The largest absolute Gasteiger partial charge is 0.481 e. The number of hydrogen-bond donors (Lipinski definition) is 7. The fourth-order valence-electron chi connectivity index (χ4n) is 6.48. The number of hydrogen-bond acceptors (Lipinski definition) is 12. The van der Waals surface area contributed by atoms with Gasteiger partial charge in [-0.1, -0.05) is 84.5 Å². The minimum atomic E-state index is -5.06. The van der Waals surface area contributed by atoms with Crippen molar-refractivity contribution in [2.24, 2.45) is 0 Å². The molecule has 57 heavy (non-hydrogen) atoms. The van der Waals surface area contributed by atoms with Crippen LogP contribution in [-0.2, 0) is 52.8 Å². The van der Waals surface area contributed by atoms with Crippen LogP contribution >= 0.6 is 0 Å². The zero-order valence-corrected chi connectivity index (χ0v) is 34.8. The molecule has 1 aliphatic heterocycles. The summed E-state index contributed by atoms with van der Waals surface area (Å²) in [6, 6.07) is -3.93. The lowest BCUT2D eigenvalue weighted by atomic mass is 9.93. The smallest absolute Gasteiger partial charge is 0.397 e. The van der Waals surface area contributed by atoms with Gasteiger partial charge < -0.3 is 45.6 Å². The number of aliphatic hydroxyl groups excluding tert-OH is 1. The lowest BCUT2D eigenvalue weighted by molar-refractivity contribution is -0.246. The number of aliphatic hydroxyl groups is 1. The van der Waals surface area contributed by atoms with Crippen LogP contribution in [-0.4, -0.2) is 131 Å². The van der Waals surface area contributed by atoms with E-state index < -0.39 is 114 Å². The number of amides is 4. The van der Waals surface area contributed by atoms with Crippen LogP contribution in [0.4, 0.5) is 0 Å². The van der Waals surface area contributed by atoms with Crippen LogP contribution in [0.1, 0.15) is 137 Å². The highest BCUT2D eigenvalue weighted by Crippen LogP contribution is 2.29. The van der Waals surface area contributed by atoms with Gasteiger partial charge in [-0.3, -0.25) is 28.5 Å². The van der Waals surface area contributed by atoms with Crippen molar-refractivity contribution in [1.29, 1.82) is 0 Å². The molecule has 8 atom stereocenters. The molecule has 0 aliphatic carbocycles. The van der Waals surface area contributed by atoms with Crippen LogP contribution in [0.15, 0.2) is 0 Å². The molecular weight excluding hydrogens is 772 g/mol. The number of nitrogens with one attached hydrogen (secondary N) is 3. The summed E-state index contributed by atoms with van der Waals surface area (Å²) in [7, 11) is -5.06. The quantitative estimate of drug-likeness (QED) is 0.0404. The van der Waals surface area contributed by atoms with Crippen molar-refractivity contribution >= 4 is 46.0 Å². The van der Waals surface area contributed by atoms with Crippen LogP contribution in [0.5, 0.6) is 0 Å². The lowest BCUT2D eigenvalue weighted by Gasteiger charge is -2.48. The van der Waals surface area contributed by atoms with E-state index >= 15 is 0 Å². The Morgan fingerprint density at radius 3 is 1.91 bits per heavy atom. The Morgan fingerprint density at radius 1 is 0.825 bits per heavy atom. The van der Waals surface area contributed by atoms with E-state index in [1.807, 2.05) is 0 Å². The standard InChI is InChI=1S/C37H66N4O15S/c1-6-8-10-12-14-15-17-19-30(44)41(20-18-16-13-11-9-7-2)36-32(34(55-25(4)37(49)50)33(47)28(56-36)23-54-57(51,52)53)40-29(43)21-27(22-31(45)46)39-35(48)24(3)38-26(5)42/h24-25,27-28,32-34,36,47H,6-23H2,1-5H3,(H,38,42)(H,39,48)(H,40,43)(H,45,46)(H,49,50)(H,51,52,53)/t24?,25-,27+,28?,32?,33?,34?,36?/m0/s1. The third kappa shape index (κ3) is 21.2. The summed E-state index contributed by atoms with van der Waals surface area (Å²) in [5.74, 6) is -5.45. The van der Waals surface area contributed by atoms with Crippen LogP contribution in [0.2, 0.25) is 0 Å². The summed E-state index contributed by atoms with van der Waals surface area (Å²) in [4.78, 5) is 77.2. The third-order valence-corrected chi connectivity index (χ3v) is 9.93. The average molecular weight is 839 g/mol. The molecule has 1 heterocycles. The highest BCUT2D eigenvalue weighted by atomic mass is 32.3. The molecule has 0 radical (unpaired) electrons. The number of carbonyl (C=O) groups is 6.